The third-order valence-corrected chi connectivity index (χ3v) is 5.55. The number of thioether (sulfide) groups is 1. The van der Waals surface area contributed by atoms with Crippen LogP contribution in [-0.2, 0) is 11.8 Å². The van der Waals surface area contributed by atoms with Crippen LogP contribution in [0.2, 0.25) is 5.02 Å². The van der Waals surface area contributed by atoms with Gasteiger partial charge in [-0.3, -0.25) is 4.79 Å². The molecule has 1 heterocycles. The topological polar surface area (TPSA) is 69.0 Å². The predicted octanol–water partition coefficient (Wildman–Crippen LogP) is 3.30. The Morgan fingerprint density at radius 1 is 1.40 bits per heavy atom. The first kappa shape index (κ1) is 18.1. The monoisotopic (exact) mass is 380 g/mol. The van der Waals surface area contributed by atoms with Crippen molar-refractivity contribution in [2.45, 2.75) is 36.9 Å². The van der Waals surface area contributed by atoms with Crippen molar-refractivity contribution in [3.63, 3.8) is 0 Å². The van der Waals surface area contributed by atoms with E-state index in [2.05, 4.69) is 15.5 Å². The second-order valence-electron chi connectivity index (χ2n) is 6.05. The van der Waals surface area contributed by atoms with Crippen LogP contribution < -0.4 is 10.1 Å². The van der Waals surface area contributed by atoms with E-state index in [1.165, 1.54) is 24.6 Å². The highest BCUT2D eigenvalue weighted by molar-refractivity contribution is 7.99. The fourth-order valence-corrected chi connectivity index (χ4v) is 3.89. The number of ether oxygens (including phenoxy) is 1. The van der Waals surface area contributed by atoms with E-state index >= 15 is 0 Å². The van der Waals surface area contributed by atoms with Crippen molar-refractivity contribution in [1.82, 2.24) is 20.1 Å². The number of hydrogen-bond acceptors (Lipinski definition) is 5. The molecule has 1 fully saturated rings. The van der Waals surface area contributed by atoms with E-state index in [0.29, 0.717) is 33.5 Å². The summed E-state index contributed by atoms with van der Waals surface area (Å²) in [6, 6.07) is 5.70. The summed E-state index contributed by atoms with van der Waals surface area (Å²) in [5.41, 5.74) is 0.771. The minimum absolute atomic E-state index is 0.0433. The van der Waals surface area contributed by atoms with Gasteiger partial charge in [0.25, 0.3) is 0 Å². The first-order valence-electron chi connectivity index (χ1n) is 8.24. The van der Waals surface area contributed by atoms with E-state index in [-0.39, 0.29) is 5.91 Å². The number of halogens is 1. The van der Waals surface area contributed by atoms with Crippen molar-refractivity contribution in [3.05, 3.63) is 23.2 Å². The lowest BCUT2D eigenvalue weighted by Crippen LogP contribution is -2.33. The summed E-state index contributed by atoms with van der Waals surface area (Å²) in [6.45, 7) is 0. The fraction of sp³-hybridized carbons (Fsp3) is 0.471. The van der Waals surface area contributed by atoms with Crippen LogP contribution in [0, 0.1) is 0 Å². The SMILES string of the molecule is COc1ccc(Cl)cc1-c1nnc(SCC(=O)NC2CCCC2)n1C. The van der Waals surface area contributed by atoms with Gasteiger partial charge in [0.1, 0.15) is 5.75 Å². The Morgan fingerprint density at radius 3 is 2.88 bits per heavy atom. The van der Waals surface area contributed by atoms with E-state index in [0.717, 1.165) is 18.4 Å². The third-order valence-electron chi connectivity index (χ3n) is 4.29. The highest BCUT2D eigenvalue weighted by Crippen LogP contribution is 2.32. The van der Waals surface area contributed by atoms with Crippen LogP contribution in [0.15, 0.2) is 23.4 Å². The van der Waals surface area contributed by atoms with E-state index < -0.39 is 0 Å². The van der Waals surface area contributed by atoms with Crippen LogP contribution in [0.1, 0.15) is 25.7 Å². The van der Waals surface area contributed by atoms with Gasteiger partial charge in [0, 0.05) is 18.1 Å². The molecule has 8 heteroatoms. The number of carbonyl (C=O) groups excluding carboxylic acids is 1. The molecular weight excluding hydrogens is 360 g/mol. The zero-order valence-corrected chi connectivity index (χ0v) is 15.9. The lowest BCUT2D eigenvalue weighted by molar-refractivity contribution is -0.119. The smallest absolute Gasteiger partial charge is 0.230 e. The van der Waals surface area contributed by atoms with Crippen LogP contribution in [0.5, 0.6) is 5.75 Å². The second-order valence-corrected chi connectivity index (χ2v) is 7.43. The lowest BCUT2D eigenvalue weighted by atomic mass is 10.2. The number of carbonyl (C=O) groups is 1. The number of aromatic nitrogens is 3. The zero-order chi connectivity index (χ0) is 17.8. The summed E-state index contributed by atoms with van der Waals surface area (Å²) in [5, 5.41) is 12.8. The van der Waals surface area contributed by atoms with Crippen molar-refractivity contribution in [2.75, 3.05) is 12.9 Å². The van der Waals surface area contributed by atoms with Crippen LogP contribution in [-0.4, -0.2) is 39.6 Å². The van der Waals surface area contributed by atoms with Gasteiger partial charge in [-0.2, -0.15) is 0 Å². The molecule has 0 spiro atoms. The summed E-state index contributed by atoms with van der Waals surface area (Å²) in [4.78, 5) is 12.1. The van der Waals surface area contributed by atoms with Crippen molar-refractivity contribution in [2.24, 2.45) is 7.05 Å². The Kier molecular flexibility index (Phi) is 5.86. The average Bonchev–Trinajstić information content (AvgIpc) is 3.23. The maximum absolute atomic E-state index is 12.1. The standard InChI is InChI=1S/C17H21ClN4O2S/c1-22-16(13-9-11(18)7-8-14(13)24-2)20-21-17(22)25-10-15(23)19-12-5-3-4-6-12/h7-9,12H,3-6,10H2,1-2H3,(H,19,23). The predicted molar refractivity (Wildman–Crippen MR) is 99.1 cm³/mol. The normalized spacial score (nSPS) is 14.7. The molecule has 0 radical (unpaired) electrons. The van der Waals surface area contributed by atoms with Crippen molar-refractivity contribution < 1.29 is 9.53 Å². The van der Waals surface area contributed by atoms with E-state index in [1.54, 1.807) is 25.3 Å². The van der Waals surface area contributed by atoms with Gasteiger partial charge in [0.2, 0.25) is 5.91 Å². The van der Waals surface area contributed by atoms with Gasteiger partial charge in [-0.05, 0) is 31.0 Å². The number of nitrogens with one attached hydrogen (secondary N) is 1. The van der Waals surface area contributed by atoms with E-state index in [4.69, 9.17) is 16.3 Å². The minimum atomic E-state index is 0.0433. The molecule has 1 aliphatic rings. The molecule has 0 bridgehead atoms. The number of nitrogens with zero attached hydrogens (tertiary/aromatic N) is 3. The number of methoxy groups -OCH3 is 1. The average molecular weight is 381 g/mol. The number of rotatable bonds is 6. The van der Waals surface area contributed by atoms with E-state index in [9.17, 15) is 4.79 Å². The Bertz CT molecular complexity index is 759. The largest absolute Gasteiger partial charge is 0.496 e. The molecule has 2 aromatic rings. The van der Waals surface area contributed by atoms with Crippen LogP contribution in [0.3, 0.4) is 0 Å². The molecule has 0 atom stereocenters. The van der Waals surface area contributed by atoms with Gasteiger partial charge in [0.15, 0.2) is 11.0 Å². The summed E-state index contributed by atoms with van der Waals surface area (Å²) in [5.74, 6) is 1.70. The van der Waals surface area contributed by atoms with Crippen LogP contribution in [0.4, 0.5) is 0 Å². The van der Waals surface area contributed by atoms with Gasteiger partial charge < -0.3 is 14.6 Å². The molecule has 1 aliphatic carbocycles. The fourth-order valence-electron chi connectivity index (χ4n) is 3.00. The van der Waals surface area contributed by atoms with Gasteiger partial charge in [-0.1, -0.05) is 36.2 Å². The zero-order valence-electron chi connectivity index (χ0n) is 14.3. The summed E-state index contributed by atoms with van der Waals surface area (Å²) in [6.07, 6.45) is 4.57. The molecule has 6 nitrogen and oxygen atoms in total. The van der Waals surface area contributed by atoms with Crippen molar-refractivity contribution in [3.8, 4) is 17.1 Å². The molecule has 3 rings (SSSR count). The molecule has 1 N–H and O–H groups in total. The number of benzene rings is 1. The van der Waals surface area contributed by atoms with Crippen molar-refractivity contribution >= 4 is 29.3 Å². The number of amides is 1. The summed E-state index contributed by atoms with van der Waals surface area (Å²) in [7, 11) is 3.47. The van der Waals surface area contributed by atoms with Crippen LogP contribution >= 0.6 is 23.4 Å². The summed E-state index contributed by atoms with van der Waals surface area (Å²) >= 11 is 7.47. The molecule has 0 aliphatic heterocycles. The molecule has 0 saturated heterocycles. The molecule has 25 heavy (non-hydrogen) atoms. The highest BCUT2D eigenvalue weighted by atomic mass is 35.5. The maximum Gasteiger partial charge on any atom is 0.230 e. The molecule has 134 valence electrons. The maximum atomic E-state index is 12.1. The minimum Gasteiger partial charge on any atom is -0.496 e. The molecule has 1 aromatic carbocycles. The van der Waals surface area contributed by atoms with Gasteiger partial charge >= 0.3 is 0 Å². The number of hydrogen-bond donors (Lipinski definition) is 1. The first-order valence-corrected chi connectivity index (χ1v) is 9.60. The highest BCUT2D eigenvalue weighted by Gasteiger charge is 2.19. The quantitative estimate of drug-likeness (QED) is 0.779. The molecule has 1 aromatic heterocycles. The second kappa shape index (κ2) is 8.10. The van der Waals surface area contributed by atoms with E-state index in [1.807, 2.05) is 11.6 Å². The molecule has 0 unspecified atom stereocenters. The lowest BCUT2D eigenvalue weighted by Gasteiger charge is -2.11. The van der Waals surface area contributed by atoms with Gasteiger partial charge in [-0.15, -0.1) is 10.2 Å². The molecule has 1 amide bonds. The Labute approximate surface area is 156 Å². The third kappa shape index (κ3) is 4.27. The Balaban J connectivity index is 1.69. The molecule has 1 saturated carbocycles. The molecular formula is C17H21ClN4O2S. The van der Waals surface area contributed by atoms with Gasteiger partial charge in [-0.25, -0.2) is 0 Å². The Morgan fingerprint density at radius 2 is 2.16 bits per heavy atom. The summed E-state index contributed by atoms with van der Waals surface area (Å²) < 4.78 is 7.23. The van der Waals surface area contributed by atoms with Gasteiger partial charge in [0.05, 0.1) is 18.4 Å². The first-order chi connectivity index (χ1) is 12.1. The Hall–Kier alpha value is -1.73. The van der Waals surface area contributed by atoms with Crippen LogP contribution in [0.25, 0.3) is 11.4 Å². The van der Waals surface area contributed by atoms with Crippen molar-refractivity contribution in [1.29, 1.82) is 0 Å².